The zero-order valence-electron chi connectivity index (χ0n) is 19.9. The van der Waals surface area contributed by atoms with Crippen molar-refractivity contribution >= 4 is 5.97 Å². The SMILES string of the molecule is [N-]=[N+]=NCCOCCOCCOCCOCCOCCOCCC(=O)Oc1c(F)c(F)c(F)c(F)c1F. The molecule has 0 aliphatic heterocycles. The van der Waals surface area contributed by atoms with Crippen molar-refractivity contribution in [3.63, 3.8) is 0 Å². The molecule has 0 amide bonds. The Balaban J connectivity index is 1.90. The number of nitrogens with zero attached hydrogens (tertiary/aromatic N) is 3. The van der Waals surface area contributed by atoms with Crippen molar-refractivity contribution in [2.75, 3.05) is 85.8 Å². The molecule has 0 heterocycles. The highest BCUT2D eigenvalue weighted by molar-refractivity contribution is 5.72. The molecule has 0 bridgehead atoms. The van der Waals surface area contributed by atoms with Gasteiger partial charge in [0.25, 0.3) is 0 Å². The van der Waals surface area contributed by atoms with Gasteiger partial charge in [-0.1, -0.05) is 5.11 Å². The fourth-order valence-electron chi connectivity index (χ4n) is 2.35. The van der Waals surface area contributed by atoms with Gasteiger partial charge >= 0.3 is 5.97 Å². The van der Waals surface area contributed by atoms with E-state index in [2.05, 4.69) is 14.8 Å². The van der Waals surface area contributed by atoms with Gasteiger partial charge < -0.3 is 33.2 Å². The molecule has 0 fully saturated rings. The van der Waals surface area contributed by atoms with Crippen LogP contribution >= 0.6 is 0 Å². The van der Waals surface area contributed by atoms with Crippen molar-refractivity contribution in [3.8, 4) is 5.75 Å². The van der Waals surface area contributed by atoms with E-state index in [1.807, 2.05) is 0 Å². The summed E-state index contributed by atoms with van der Waals surface area (Å²) in [5, 5.41) is 3.33. The summed E-state index contributed by atoms with van der Waals surface area (Å²) in [5.41, 5.74) is 8.09. The molecule has 0 spiro atoms. The Morgan fingerprint density at radius 1 is 0.595 bits per heavy atom. The summed E-state index contributed by atoms with van der Waals surface area (Å²) in [6.07, 6.45) is -0.486. The van der Waals surface area contributed by atoms with Crippen LogP contribution in [-0.4, -0.2) is 91.8 Å². The Hall–Kier alpha value is -2.59. The minimum atomic E-state index is -2.35. The standard InChI is InChI=1S/C21H28F5N3O8/c22-16-17(23)19(25)21(20(26)18(16)24)37-15(30)1-3-31-5-7-33-9-11-35-13-14-36-12-10-34-8-6-32-4-2-28-29-27/h1-14H2. The Morgan fingerprint density at radius 3 is 1.35 bits per heavy atom. The first-order valence-electron chi connectivity index (χ1n) is 11.1. The van der Waals surface area contributed by atoms with Crippen LogP contribution < -0.4 is 4.74 Å². The molecule has 0 N–H and O–H groups in total. The van der Waals surface area contributed by atoms with Crippen LogP contribution in [0.15, 0.2) is 5.11 Å². The number of ether oxygens (including phenoxy) is 7. The molecule has 0 saturated heterocycles. The topological polar surface area (TPSA) is 130 Å². The average molecular weight is 545 g/mol. The van der Waals surface area contributed by atoms with Crippen molar-refractivity contribution in [1.29, 1.82) is 0 Å². The molecule has 1 rings (SSSR count). The van der Waals surface area contributed by atoms with Gasteiger partial charge in [0.1, 0.15) is 0 Å². The summed E-state index contributed by atoms with van der Waals surface area (Å²) in [6.45, 7) is 3.54. The van der Waals surface area contributed by atoms with E-state index in [-0.39, 0.29) is 33.0 Å². The fraction of sp³-hybridized carbons (Fsp3) is 0.667. The van der Waals surface area contributed by atoms with Gasteiger partial charge in [-0.25, -0.2) is 13.2 Å². The number of halogens is 5. The van der Waals surface area contributed by atoms with Crippen molar-refractivity contribution < 1.29 is 59.9 Å². The molecule has 0 aliphatic carbocycles. The summed E-state index contributed by atoms with van der Waals surface area (Å²) in [5.74, 6) is -14.1. The molecule has 16 heteroatoms. The normalized spacial score (nSPS) is 10.9. The number of esters is 1. The highest BCUT2D eigenvalue weighted by Gasteiger charge is 2.28. The van der Waals surface area contributed by atoms with Gasteiger partial charge in [-0.05, 0) is 5.53 Å². The molecule has 0 radical (unpaired) electrons. The fourth-order valence-corrected chi connectivity index (χ4v) is 2.35. The van der Waals surface area contributed by atoms with Crippen molar-refractivity contribution in [2.24, 2.45) is 5.11 Å². The summed E-state index contributed by atoms with van der Waals surface area (Å²) in [4.78, 5) is 14.2. The van der Waals surface area contributed by atoms with Gasteiger partial charge in [0.15, 0.2) is 0 Å². The van der Waals surface area contributed by atoms with Crippen LogP contribution in [0.3, 0.4) is 0 Å². The second kappa shape index (κ2) is 20.5. The first kappa shape index (κ1) is 32.4. The minimum Gasteiger partial charge on any atom is -0.420 e. The Bertz CT molecular complexity index is 833. The highest BCUT2D eigenvalue weighted by Crippen LogP contribution is 2.29. The summed E-state index contributed by atoms with van der Waals surface area (Å²) < 4.78 is 102. The van der Waals surface area contributed by atoms with Crippen molar-refractivity contribution in [2.45, 2.75) is 6.42 Å². The minimum absolute atomic E-state index is 0.0811. The molecule has 11 nitrogen and oxygen atoms in total. The summed E-state index contributed by atoms with van der Waals surface area (Å²) in [6, 6.07) is 0. The molecule has 0 unspecified atom stereocenters. The lowest BCUT2D eigenvalue weighted by atomic mass is 10.2. The molecule has 1 aromatic rings. The molecule has 210 valence electrons. The van der Waals surface area contributed by atoms with E-state index in [4.69, 9.17) is 34.0 Å². The Labute approximate surface area is 209 Å². The smallest absolute Gasteiger partial charge is 0.313 e. The lowest BCUT2D eigenvalue weighted by Gasteiger charge is -2.09. The van der Waals surface area contributed by atoms with Crippen molar-refractivity contribution in [1.82, 2.24) is 0 Å². The van der Waals surface area contributed by atoms with E-state index in [0.717, 1.165) is 0 Å². The lowest BCUT2D eigenvalue weighted by Crippen LogP contribution is -2.16. The van der Waals surface area contributed by atoms with Crippen LogP contribution in [0.5, 0.6) is 5.75 Å². The maximum atomic E-state index is 13.5. The number of carbonyl (C=O) groups excluding carboxylic acids is 1. The molecule has 0 atom stereocenters. The third kappa shape index (κ3) is 14.1. The monoisotopic (exact) mass is 545 g/mol. The maximum Gasteiger partial charge on any atom is 0.313 e. The number of benzene rings is 1. The average Bonchev–Trinajstić information content (AvgIpc) is 2.89. The number of rotatable bonds is 22. The Kier molecular flexibility index (Phi) is 17.9. The third-order valence-corrected chi connectivity index (χ3v) is 4.09. The highest BCUT2D eigenvalue weighted by atomic mass is 19.2. The molecule has 37 heavy (non-hydrogen) atoms. The molecular weight excluding hydrogens is 517 g/mol. The summed E-state index contributed by atoms with van der Waals surface area (Å²) in [7, 11) is 0. The van der Waals surface area contributed by atoms with Gasteiger partial charge in [0, 0.05) is 11.5 Å². The van der Waals surface area contributed by atoms with Crippen LogP contribution in [0.2, 0.25) is 0 Å². The lowest BCUT2D eigenvalue weighted by molar-refractivity contribution is -0.136. The predicted molar refractivity (Wildman–Crippen MR) is 115 cm³/mol. The number of hydrogen-bond acceptors (Lipinski definition) is 9. The number of carbonyl (C=O) groups is 1. The zero-order chi connectivity index (χ0) is 27.3. The van der Waals surface area contributed by atoms with E-state index in [1.165, 1.54) is 0 Å². The summed E-state index contributed by atoms with van der Waals surface area (Å²) >= 11 is 0. The van der Waals surface area contributed by atoms with Gasteiger partial charge in [-0.3, -0.25) is 4.79 Å². The second-order valence-corrected chi connectivity index (χ2v) is 6.75. The second-order valence-electron chi connectivity index (χ2n) is 6.75. The van der Waals surface area contributed by atoms with Gasteiger partial charge in [0.05, 0.1) is 85.7 Å². The van der Waals surface area contributed by atoms with Crippen LogP contribution in [0.25, 0.3) is 10.4 Å². The third-order valence-electron chi connectivity index (χ3n) is 4.09. The van der Waals surface area contributed by atoms with Crippen molar-refractivity contribution in [3.05, 3.63) is 39.5 Å². The zero-order valence-corrected chi connectivity index (χ0v) is 19.9. The molecule has 0 aromatic heterocycles. The van der Waals surface area contributed by atoms with Crippen LogP contribution in [0, 0.1) is 29.1 Å². The molecular formula is C21H28F5N3O8. The molecule has 0 aliphatic rings. The largest absolute Gasteiger partial charge is 0.420 e. The van der Waals surface area contributed by atoms with Gasteiger partial charge in [-0.15, -0.1) is 0 Å². The van der Waals surface area contributed by atoms with E-state index in [0.29, 0.717) is 52.9 Å². The van der Waals surface area contributed by atoms with E-state index >= 15 is 0 Å². The van der Waals surface area contributed by atoms with E-state index in [9.17, 15) is 26.7 Å². The van der Waals surface area contributed by atoms with Gasteiger partial charge in [-0.2, -0.15) is 8.78 Å². The Morgan fingerprint density at radius 2 is 0.946 bits per heavy atom. The van der Waals surface area contributed by atoms with E-state index in [1.54, 1.807) is 0 Å². The van der Waals surface area contributed by atoms with E-state index < -0.39 is 47.2 Å². The quantitative estimate of drug-likeness (QED) is 0.0250. The molecule has 0 saturated carbocycles. The maximum absolute atomic E-state index is 13.5. The molecule has 1 aromatic carbocycles. The number of hydrogen-bond donors (Lipinski definition) is 0. The van der Waals surface area contributed by atoms with Gasteiger partial charge in [0.2, 0.25) is 34.8 Å². The number of azide groups is 1. The van der Waals surface area contributed by atoms with Crippen LogP contribution in [0.4, 0.5) is 22.0 Å². The van der Waals surface area contributed by atoms with Crippen LogP contribution in [0.1, 0.15) is 6.42 Å². The van der Waals surface area contributed by atoms with Crippen LogP contribution in [-0.2, 0) is 33.2 Å². The first-order valence-corrected chi connectivity index (χ1v) is 11.1. The first-order chi connectivity index (χ1) is 17.9. The predicted octanol–water partition coefficient (Wildman–Crippen LogP) is 3.09.